The van der Waals surface area contributed by atoms with Crippen LogP contribution in [-0.4, -0.2) is 6.54 Å². The standard InChI is InChI=1S/C15H19F4N/c1-4-7-20-14(8-10(2)3)12-9-11(15(17,18)19)5-6-13(12)16/h5-6,8-9,14,20H,4,7H2,1-3H3. The molecule has 0 aliphatic rings. The Bertz CT molecular complexity index is 473. The zero-order chi connectivity index (χ0) is 15.3. The van der Waals surface area contributed by atoms with Crippen molar-refractivity contribution in [2.24, 2.45) is 0 Å². The van der Waals surface area contributed by atoms with Crippen LogP contribution in [0, 0.1) is 5.82 Å². The fraction of sp³-hybridized carbons (Fsp3) is 0.467. The van der Waals surface area contributed by atoms with Gasteiger partial charge in [0, 0.05) is 5.56 Å². The Morgan fingerprint density at radius 3 is 2.45 bits per heavy atom. The molecule has 1 rings (SSSR count). The molecule has 0 aromatic heterocycles. The Balaban J connectivity index is 3.21. The lowest BCUT2D eigenvalue weighted by molar-refractivity contribution is -0.137. The molecule has 0 spiro atoms. The lowest BCUT2D eigenvalue weighted by Crippen LogP contribution is -2.22. The summed E-state index contributed by atoms with van der Waals surface area (Å²) in [6, 6.07) is 1.96. The number of nitrogens with one attached hydrogen (secondary N) is 1. The van der Waals surface area contributed by atoms with E-state index in [1.807, 2.05) is 20.8 Å². The van der Waals surface area contributed by atoms with Gasteiger partial charge in [0.1, 0.15) is 5.82 Å². The van der Waals surface area contributed by atoms with E-state index < -0.39 is 23.6 Å². The van der Waals surface area contributed by atoms with Crippen LogP contribution < -0.4 is 5.32 Å². The summed E-state index contributed by atoms with van der Waals surface area (Å²) in [7, 11) is 0. The smallest absolute Gasteiger partial charge is 0.307 e. The molecule has 0 fully saturated rings. The molecule has 1 nitrogen and oxygen atoms in total. The molecule has 0 aliphatic heterocycles. The minimum absolute atomic E-state index is 0.0227. The van der Waals surface area contributed by atoms with Crippen molar-refractivity contribution in [2.45, 2.75) is 39.4 Å². The molecule has 1 aromatic rings. The van der Waals surface area contributed by atoms with Crippen LogP contribution in [0.15, 0.2) is 29.8 Å². The number of benzene rings is 1. The van der Waals surface area contributed by atoms with Crippen LogP contribution in [0.4, 0.5) is 17.6 Å². The first kappa shape index (κ1) is 16.7. The van der Waals surface area contributed by atoms with E-state index in [9.17, 15) is 17.6 Å². The maximum Gasteiger partial charge on any atom is 0.416 e. The molecular formula is C15H19F4N. The van der Waals surface area contributed by atoms with E-state index in [1.54, 1.807) is 6.08 Å². The summed E-state index contributed by atoms with van der Waals surface area (Å²) in [5.74, 6) is -0.635. The molecule has 0 saturated carbocycles. The van der Waals surface area contributed by atoms with Crippen LogP contribution in [0.1, 0.15) is 44.4 Å². The quantitative estimate of drug-likeness (QED) is 0.603. The van der Waals surface area contributed by atoms with E-state index in [2.05, 4.69) is 5.32 Å². The average molecular weight is 289 g/mol. The maximum atomic E-state index is 13.8. The monoisotopic (exact) mass is 289 g/mol. The van der Waals surface area contributed by atoms with Gasteiger partial charge in [0.05, 0.1) is 11.6 Å². The number of alkyl halides is 3. The first-order chi connectivity index (χ1) is 9.25. The van der Waals surface area contributed by atoms with E-state index in [0.717, 1.165) is 30.2 Å². The highest BCUT2D eigenvalue weighted by Crippen LogP contribution is 2.32. The van der Waals surface area contributed by atoms with Crippen molar-refractivity contribution in [1.29, 1.82) is 0 Å². The largest absolute Gasteiger partial charge is 0.416 e. The van der Waals surface area contributed by atoms with Gasteiger partial charge in [0.25, 0.3) is 0 Å². The van der Waals surface area contributed by atoms with Crippen molar-refractivity contribution in [3.63, 3.8) is 0 Å². The van der Waals surface area contributed by atoms with Gasteiger partial charge in [0.15, 0.2) is 0 Å². The Labute approximate surface area is 116 Å². The second-order valence-corrected chi connectivity index (χ2v) is 4.91. The summed E-state index contributed by atoms with van der Waals surface area (Å²) in [5, 5.41) is 3.05. The highest BCUT2D eigenvalue weighted by Gasteiger charge is 2.31. The Kier molecular flexibility index (Phi) is 5.74. The van der Waals surface area contributed by atoms with Gasteiger partial charge in [0.2, 0.25) is 0 Å². The second-order valence-electron chi connectivity index (χ2n) is 4.91. The van der Waals surface area contributed by atoms with Crippen LogP contribution >= 0.6 is 0 Å². The first-order valence-corrected chi connectivity index (χ1v) is 6.50. The number of hydrogen-bond donors (Lipinski definition) is 1. The first-order valence-electron chi connectivity index (χ1n) is 6.50. The molecule has 112 valence electrons. The molecule has 1 unspecified atom stereocenters. The molecule has 1 atom stereocenters. The summed E-state index contributed by atoms with van der Waals surface area (Å²) in [4.78, 5) is 0. The van der Waals surface area contributed by atoms with Gasteiger partial charge >= 0.3 is 6.18 Å². The molecule has 1 aromatic carbocycles. The summed E-state index contributed by atoms with van der Waals surface area (Å²) >= 11 is 0. The zero-order valence-electron chi connectivity index (χ0n) is 11.8. The summed E-state index contributed by atoms with van der Waals surface area (Å²) in [6.07, 6.45) is -1.93. The lowest BCUT2D eigenvalue weighted by Gasteiger charge is -2.18. The number of allylic oxidation sites excluding steroid dienone is 1. The summed E-state index contributed by atoms with van der Waals surface area (Å²) < 4.78 is 52.0. The molecular weight excluding hydrogens is 270 g/mol. The number of halogens is 4. The molecule has 0 amide bonds. The maximum absolute atomic E-state index is 13.8. The van der Waals surface area contributed by atoms with Crippen molar-refractivity contribution in [2.75, 3.05) is 6.54 Å². The number of hydrogen-bond acceptors (Lipinski definition) is 1. The molecule has 0 saturated heterocycles. The fourth-order valence-corrected chi connectivity index (χ4v) is 1.85. The van der Waals surface area contributed by atoms with Gasteiger partial charge in [-0.1, -0.05) is 18.6 Å². The molecule has 1 N–H and O–H groups in total. The van der Waals surface area contributed by atoms with Crippen LogP contribution in [0.2, 0.25) is 0 Å². The van der Waals surface area contributed by atoms with Crippen LogP contribution in [0.5, 0.6) is 0 Å². The summed E-state index contributed by atoms with van der Waals surface area (Å²) in [6.45, 7) is 6.19. The Morgan fingerprint density at radius 2 is 1.95 bits per heavy atom. The third-order valence-electron chi connectivity index (χ3n) is 2.77. The van der Waals surface area contributed by atoms with Crippen molar-refractivity contribution in [3.8, 4) is 0 Å². The molecule has 20 heavy (non-hydrogen) atoms. The fourth-order valence-electron chi connectivity index (χ4n) is 1.85. The minimum Gasteiger partial charge on any atom is -0.307 e. The van der Waals surface area contributed by atoms with E-state index >= 15 is 0 Å². The predicted octanol–water partition coefficient (Wildman–Crippen LogP) is 4.85. The van der Waals surface area contributed by atoms with Crippen molar-refractivity contribution in [1.82, 2.24) is 5.32 Å². The second kappa shape index (κ2) is 6.88. The van der Waals surface area contributed by atoms with Gasteiger partial charge in [-0.15, -0.1) is 0 Å². The minimum atomic E-state index is -4.47. The van der Waals surface area contributed by atoms with E-state index in [4.69, 9.17) is 0 Å². The highest BCUT2D eigenvalue weighted by atomic mass is 19.4. The molecule has 0 aliphatic carbocycles. The third-order valence-corrected chi connectivity index (χ3v) is 2.77. The zero-order valence-corrected chi connectivity index (χ0v) is 11.8. The topological polar surface area (TPSA) is 12.0 Å². The van der Waals surface area contributed by atoms with Crippen LogP contribution in [0.25, 0.3) is 0 Å². The van der Waals surface area contributed by atoms with Crippen LogP contribution in [0.3, 0.4) is 0 Å². The summed E-state index contributed by atoms with van der Waals surface area (Å²) in [5.41, 5.74) is 0.101. The van der Waals surface area contributed by atoms with Gasteiger partial charge in [-0.3, -0.25) is 0 Å². The van der Waals surface area contributed by atoms with E-state index in [0.29, 0.717) is 6.54 Å². The molecule has 0 bridgehead atoms. The number of rotatable bonds is 5. The molecule has 0 heterocycles. The highest BCUT2D eigenvalue weighted by molar-refractivity contribution is 5.32. The lowest BCUT2D eigenvalue weighted by atomic mass is 10.0. The van der Waals surface area contributed by atoms with Crippen LogP contribution in [-0.2, 0) is 6.18 Å². The average Bonchev–Trinajstić information content (AvgIpc) is 2.33. The van der Waals surface area contributed by atoms with E-state index in [1.165, 1.54) is 0 Å². The molecule has 0 radical (unpaired) electrons. The van der Waals surface area contributed by atoms with Gasteiger partial charge < -0.3 is 5.32 Å². The Hall–Kier alpha value is -1.36. The Morgan fingerprint density at radius 1 is 1.30 bits per heavy atom. The predicted molar refractivity (Wildman–Crippen MR) is 71.9 cm³/mol. The van der Waals surface area contributed by atoms with Gasteiger partial charge in [-0.2, -0.15) is 13.2 Å². The third kappa shape index (κ3) is 4.63. The van der Waals surface area contributed by atoms with Crippen molar-refractivity contribution < 1.29 is 17.6 Å². The SMILES string of the molecule is CCCNC(C=C(C)C)c1cc(C(F)(F)F)ccc1F. The van der Waals surface area contributed by atoms with Crippen molar-refractivity contribution in [3.05, 3.63) is 46.8 Å². The van der Waals surface area contributed by atoms with Gasteiger partial charge in [-0.25, -0.2) is 4.39 Å². The molecule has 5 heteroatoms. The van der Waals surface area contributed by atoms with Gasteiger partial charge in [-0.05, 0) is 45.0 Å². The van der Waals surface area contributed by atoms with E-state index in [-0.39, 0.29) is 5.56 Å². The van der Waals surface area contributed by atoms with Crippen molar-refractivity contribution >= 4 is 0 Å². The normalized spacial score (nSPS) is 13.2.